The standard InChI is InChI=1S/C21H24N6O2/c1-25-12-15(11-22-25)13-26-9-7-21(14-26)8-10-27-19(28)18(23-24-20(21)27)16-3-5-17(29-2)6-4-16/h3-6,11-12H,7-10,13-14H2,1-2H3/t21-/m1/s1. The average molecular weight is 392 g/mol. The monoisotopic (exact) mass is 392 g/mol. The van der Waals surface area contributed by atoms with Crippen molar-refractivity contribution in [2.45, 2.75) is 31.3 Å². The van der Waals surface area contributed by atoms with E-state index in [0.717, 1.165) is 49.6 Å². The lowest BCUT2D eigenvalue weighted by Gasteiger charge is -2.22. The van der Waals surface area contributed by atoms with E-state index < -0.39 is 0 Å². The molecule has 0 bridgehead atoms. The molecule has 8 heteroatoms. The van der Waals surface area contributed by atoms with Gasteiger partial charge in [-0.25, -0.2) is 0 Å². The fourth-order valence-electron chi connectivity index (χ4n) is 4.68. The third kappa shape index (κ3) is 3.04. The normalized spacial score (nSPS) is 21.0. The molecule has 2 aliphatic heterocycles. The molecular formula is C21H24N6O2. The van der Waals surface area contributed by atoms with Gasteiger partial charge in [-0.05, 0) is 43.7 Å². The average Bonchev–Trinajstić information content (AvgIpc) is 3.43. The first kappa shape index (κ1) is 18.1. The molecule has 150 valence electrons. The molecule has 4 heterocycles. The summed E-state index contributed by atoms with van der Waals surface area (Å²) in [6, 6.07) is 7.38. The first-order chi connectivity index (χ1) is 14.1. The molecule has 2 aliphatic rings. The highest BCUT2D eigenvalue weighted by Crippen LogP contribution is 2.41. The molecule has 0 radical (unpaired) electrons. The minimum absolute atomic E-state index is 0.0530. The van der Waals surface area contributed by atoms with Gasteiger partial charge in [0.2, 0.25) is 0 Å². The first-order valence-electron chi connectivity index (χ1n) is 9.90. The number of rotatable bonds is 4. The number of nitrogens with zero attached hydrogens (tertiary/aromatic N) is 6. The highest BCUT2D eigenvalue weighted by molar-refractivity contribution is 5.58. The first-order valence-corrected chi connectivity index (χ1v) is 9.90. The van der Waals surface area contributed by atoms with Crippen LogP contribution in [0.4, 0.5) is 0 Å². The summed E-state index contributed by atoms with van der Waals surface area (Å²) >= 11 is 0. The second-order valence-electron chi connectivity index (χ2n) is 8.07. The predicted molar refractivity (Wildman–Crippen MR) is 108 cm³/mol. The Morgan fingerprint density at radius 1 is 1.14 bits per heavy atom. The summed E-state index contributed by atoms with van der Waals surface area (Å²) in [7, 11) is 3.56. The van der Waals surface area contributed by atoms with Crippen LogP contribution in [0.5, 0.6) is 5.75 Å². The zero-order valence-corrected chi connectivity index (χ0v) is 16.7. The van der Waals surface area contributed by atoms with E-state index in [1.165, 1.54) is 5.56 Å². The number of fused-ring (bicyclic) bond motifs is 2. The quantitative estimate of drug-likeness (QED) is 0.671. The van der Waals surface area contributed by atoms with Crippen LogP contribution in [0.15, 0.2) is 41.5 Å². The molecule has 1 spiro atoms. The van der Waals surface area contributed by atoms with Gasteiger partial charge in [-0.15, -0.1) is 10.2 Å². The lowest BCUT2D eigenvalue weighted by Crippen LogP contribution is -2.33. The number of methoxy groups -OCH3 is 1. The van der Waals surface area contributed by atoms with Crippen molar-refractivity contribution in [2.75, 3.05) is 20.2 Å². The molecule has 1 aromatic carbocycles. The maximum atomic E-state index is 13.1. The van der Waals surface area contributed by atoms with Crippen LogP contribution in [0.3, 0.4) is 0 Å². The van der Waals surface area contributed by atoms with Crippen molar-refractivity contribution >= 4 is 0 Å². The zero-order valence-electron chi connectivity index (χ0n) is 16.7. The molecule has 29 heavy (non-hydrogen) atoms. The van der Waals surface area contributed by atoms with Gasteiger partial charge in [0, 0.05) is 49.4 Å². The number of hydrogen-bond acceptors (Lipinski definition) is 6. The maximum absolute atomic E-state index is 13.1. The van der Waals surface area contributed by atoms with Gasteiger partial charge in [-0.1, -0.05) is 0 Å². The summed E-state index contributed by atoms with van der Waals surface area (Å²) in [5, 5.41) is 13.2. The molecule has 1 fully saturated rings. The van der Waals surface area contributed by atoms with Gasteiger partial charge in [0.25, 0.3) is 5.56 Å². The van der Waals surface area contributed by atoms with E-state index in [2.05, 4.69) is 26.4 Å². The highest BCUT2D eigenvalue weighted by atomic mass is 16.5. The van der Waals surface area contributed by atoms with E-state index in [0.29, 0.717) is 12.2 Å². The van der Waals surface area contributed by atoms with Crippen molar-refractivity contribution < 1.29 is 4.74 Å². The summed E-state index contributed by atoms with van der Waals surface area (Å²) < 4.78 is 8.86. The van der Waals surface area contributed by atoms with Crippen molar-refractivity contribution in [1.29, 1.82) is 0 Å². The minimum Gasteiger partial charge on any atom is -0.497 e. The summed E-state index contributed by atoms with van der Waals surface area (Å²) in [5.74, 6) is 1.59. The molecule has 1 saturated heterocycles. The molecule has 0 N–H and O–H groups in total. The molecule has 8 nitrogen and oxygen atoms in total. The summed E-state index contributed by atoms with van der Waals surface area (Å²) in [5.41, 5.74) is 2.25. The van der Waals surface area contributed by atoms with Crippen molar-refractivity contribution in [3.8, 4) is 17.0 Å². The number of hydrogen-bond donors (Lipinski definition) is 0. The number of likely N-dealkylation sites (tertiary alicyclic amines) is 1. The lowest BCUT2D eigenvalue weighted by molar-refractivity contribution is 0.299. The van der Waals surface area contributed by atoms with Gasteiger partial charge in [0.15, 0.2) is 5.69 Å². The summed E-state index contributed by atoms with van der Waals surface area (Å²) in [6.07, 6.45) is 5.91. The zero-order chi connectivity index (χ0) is 20.0. The lowest BCUT2D eigenvalue weighted by atomic mass is 9.85. The van der Waals surface area contributed by atoms with Crippen LogP contribution in [-0.4, -0.2) is 49.6 Å². The number of aryl methyl sites for hydroxylation is 1. The smallest absolute Gasteiger partial charge is 0.280 e. The Morgan fingerprint density at radius 2 is 1.93 bits per heavy atom. The van der Waals surface area contributed by atoms with Crippen LogP contribution in [0.2, 0.25) is 0 Å². The predicted octanol–water partition coefficient (Wildman–Crippen LogP) is 1.59. The van der Waals surface area contributed by atoms with Crippen LogP contribution in [-0.2, 0) is 25.6 Å². The van der Waals surface area contributed by atoms with Crippen LogP contribution in [0, 0.1) is 0 Å². The molecule has 0 aliphatic carbocycles. The molecule has 0 amide bonds. The largest absolute Gasteiger partial charge is 0.497 e. The molecule has 3 aromatic rings. The highest BCUT2D eigenvalue weighted by Gasteiger charge is 2.46. The van der Waals surface area contributed by atoms with Gasteiger partial charge >= 0.3 is 0 Å². The van der Waals surface area contributed by atoms with E-state index in [9.17, 15) is 4.79 Å². The minimum atomic E-state index is -0.0766. The Hall–Kier alpha value is -3.00. The fourth-order valence-corrected chi connectivity index (χ4v) is 4.68. The third-order valence-corrected chi connectivity index (χ3v) is 6.20. The second-order valence-corrected chi connectivity index (χ2v) is 8.07. The third-order valence-electron chi connectivity index (χ3n) is 6.20. The van der Waals surface area contributed by atoms with E-state index in [4.69, 9.17) is 4.74 Å². The molecule has 2 aromatic heterocycles. The van der Waals surface area contributed by atoms with Gasteiger partial charge in [-0.3, -0.25) is 18.9 Å². The van der Waals surface area contributed by atoms with E-state index >= 15 is 0 Å². The number of benzene rings is 1. The Morgan fingerprint density at radius 3 is 2.66 bits per heavy atom. The number of aromatic nitrogens is 5. The fraction of sp³-hybridized carbons (Fsp3) is 0.429. The van der Waals surface area contributed by atoms with E-state index in [1.807, 2.05) is 46.8 Å². The number of ether oxygens (including phenoxy) is 1. The van der Waals surface area contributed by atoms with Crippen LogP contribution >= 0.6 is 0 Å². The summed E-state index contributed by atoms with van der Waals surface area (Å²) in [4.78, 5) is 15.6. The Bertz CT molecular complexity index is 1100. The molecule has 0 unspecified atom stereocenters. The van der Waals surface area contributed by atoms with Crippen molar-refractivity contribution in [1.82, 2.24) is 29.4 Å². The topological polar surface area (TPSA) is 78.1 Å². The molecular weight excluding hydrogens is 368 g/mol. The molecule has 5 rings (SSSR count). The van der Waals surface area contributed by atoms with Crippen LogP contribution in [0.25, 0.3) is 11.3 Å². The van der Waals surface area contributed by atoms with Crippen molar-refractivity contribution in [2.24, 2.45) is 7.05 Å². The molecule has 1 atom stereocenters. The molecule has 0 saturated carbocycles. The van der Waals surface area contributed by atoms with Crippen molar-refractivity contribution in [3.63, 3.8) is 0 Å². The second kappa shape index (κ2) is 6.81. The Labute approximate surface area is 168 Å². The van der Waals surface area contributed by atoms with Gasteiger partial charge in [0.1, 0.15) is 11.6 Å². The van der Waals surface area contributed by atoms with Crippen molar-refractivity contribution in [3.05, 3.63) is 58.4 Å². The summed E-state index contributed by atoms with van der Waals surface area (Å²) in [6.45, 7) is 3.47. The Kier molecular flexibility index (Phi) is 4.24. The van der Waals surface area contributed by atoms with E-state index in [1.54, 1.807) is 7.11 Å². The van der Waals surface area contributed by atoms with Gasteiger partial charge < -0.3 is 4.74 Å². The van der Waals surface area contributed by atoms with Gasteiger partial charge in [-0.2, -0.15) is 5.10 Å². The van der Waals surface area contributed by atoms with E-state index in [-0.39, 0.29) is 11.0 Å². The Balaban J connectivity index is 1.41. The maximum Gasteiger partial charge on any atom is 0.280 e. The van der Waals surface area contributed by atoms with Crippen LogP contribution < -0.4 is 10.3 Å². The SMILES string of the molecule is COc1ccc(-c2nnc3n(c2=O)CC[C@@]32CCN(Cc3cnn(C)c3)C2)cc1. The van der Waals surface area contributed by atoms with Gasteiger partial charge in [0.05, 0.1) is 13.3 Å². The van der Waals surface area contributed by atoms with Crippen LogP contribution in [0.1, 0.15) is 24.2 Å².